The molecule has 0 fully saturated rings. The average Bonchev–Trinajstić information content (AvgIpc) is 2.39. The summed E-state index contributed by atoms with van der Waals surface area (Å²) in [5.74, 6) is -4.35. The highest BCUT2D eigenvalue weighted by atomic mass is 16.4. The number of nitrogens with zero attached hydrogens (tertiary/aromatic N) is 2. The molecule has 0 unspecified atom stereocenters. The lowest BCUT2D eigenvalue weighted by molar-refractivity contribution is -0.143. The van der Waals surface area contributed by atoms with Crippen LogP contribution in [0.25, 0.3) is 0 Å². The molecule has 10 nitrogen and oxygen atoms in total. The van der Waals surface area contributed by atoms with Gasteiger partial charge in [0.05, 0.1) is 26.2 Å². The minimum Gasteiger partial charge on any atom is -0.480 e. The van der Waals surface area contributed by atoms with E-state index in [1.165, 1.54) is 9.80 Å². The fourth-order valence-corrected chi connectivity index (χ4v) is 2.22. The summed E-state index contributed by atoms with van der Waals surface area (Å²) in [6.45, 7) is -0.664. The Balaban J connectivity index is 3.99. The molecule has 0 bridgehead atoms. The molecular formula is C14H24N2O8. The Bertz CT molecular complexity index is 368. The molecular weight excluding hydrogens is 324 g/mol. The van der Waals surface area contributed by atoms with E-state index >= 15 is 0 Å². The van der Waals surface area contributed by atoms with E-state index in [-0.39, 0.29) is 26.2 Å². The number of rotatable bonds is 15. The second kappa shape index (κ2) is 12.3. The van der Waals surface area contributed by atoms with Gasteiger partial charge in [-0.3, -0.25) is 29.0 Å². The van der Waals surface area contributed by atoms with Crippen LogP contribution in [0, 0.1) is 0 Å². The highest BCUT2D eigenvalue weighted by Gasteiger charge is 2.14. The van der Waals surface area contributed by atoms with Crippen LogP contribution in [-0.2, 0) is 19.2 Å². The first-order chi connectivity index (χ1) is 11.2. The van der Waals surface area contributed by atoms with Crippen LogP contribution in [0.1, 0.15) is 25.7 Å². The molecule has 0 radical (unpaired) electrons. The van der Waals surface area contributed by atoms with Crippen LogP contribution in [0.3, 0.4) is 0 Å². The smallest absolute Gasteiger partial charge is 0.317 e. The van der Waals surface area contributed by atoms with Crippen molar-refractivity contribution < 1.29 is 39.6 Å². The van der Waals surface area contributed by atoms with Crippen molar-refractivity contribution in [2.45, 2.75) is 25.7 Å². The average molecular weight is 348 g/mol. The Hall–Kier alpha value is -2.20. The number of aliphatic carboxylic acids is 4. The first kappa shape index (κ1) is 21.8. The molecule has 0 atom stereocenters. The lowest BCUT2D eigenvalue weighted by atomic mass is 10.1. The minimum absolute atomic E-state index is 0.336. The lowest BCUT2D eigenvalue weighted by Crippen LogP contribution is -2.35. The number of hydrogen-bond donors (Lipinski definition) is 4. The van der Waals surface area contributed by atoms with Gasteiger partial charge in [-0.2, -0.15) is 0 Å². The summed E-state index contributed by atoms with van der Waals surface area (Å²) in [4.78, 5) is 45.2. The minimum atomic E-state index is -1.09. The van der Waals surface area contributed by atoms with Gasteiger partial charge in [-0.1, -0.05) is 12.8 Å². The van der Waals surface area contributed by atoms with Crippen molar-refractivity contribution in [1.82, 2.24) is 9.80 Å². The molecule has 138 valence electrons. The van der Waals surface area contributed by atoms with Crippen molar-refractivity contribution >= 4 is 23.9 Å². The molecule has 0 saturated carbocycles. The molecule has 10 heteroatoms. The van der Waals surface area contributed by atoms with Crippen molar-refractivity contribution in [3.8, 4) is 0 Å². The number of hydrogen-bond acceptors (Lipinski definition) is 6. The molecule has 0 aliphatic rings. The maximum Gasteiger partial charge on any atom is 0.317 e. The van der Waals surface area contributed by atoms with E-state index < -0.39 is 23.9 Å². The normalized spacial score (nSPS) is 10.9. The molecule has 0 amide bonds. The quantitative estimate of drug-likeness (QED) is 0.284. The van der Waals surface area contributed by atoms with Gasteiger partial charge < -0.3 is 20.4 Å². The van der Waals surface area contributed by atoms with Crippen molar-refractivity contribution in [3.05, 3.63) is 0 Å². The summed E-state index contributed by atoms with van der Waals surface area (Å²) < 4.78 is 0. The molecule has 0 aliphatic heterocycles. The van der Waals surface area contributed by atoms with Crippen molar-refractivity contribution in [3.63, 3.8) is 0 Å². The maximum atomic E-state index is 10.6. The van der Waals surface area contributed by atoms with Gasteiger partial charge in [0.2, 0.25) is 0 Å². The number of unbranched alkanes of at least 4 members (excludes halogenated alkanes) is 3. The van der Waals surface area contributed by atoms with Gasteiger partial charge in [-0.15, -0.1) is 0 Å². The van der Waals surface area contributed by atoms with Crippen molar-refractivity contribution in [2.75, 3.05) is 39.3 Å². The zero-order valence-electron chi connectivity index (χ0n) is 13.4. The molecule has 0 rings (SSSR count). The fraction of sp³-hybridized carbons (Fsp3) is 0.714. The number of carboxylic acid groups (broad SMARTS) is 4. The second-order valence-electron chi connectivity index (χ2n) is 5.41. The van der Waals surface area contributed by atoms with E-state index in [0.717, 1.165) is 0 Å². The van der Waals surface area contributed by atoms with Crippen LogP contribution in [0.2, 0.25) is 0 Å². The largest absolute Gasteiger partial charge is 0.480 e. The maximum absolute atomic E-state index is 10.6. The Morgan fingerprint density at radius 1 is 0.500 bits per heavy atom. The Morgan fingerprint density at radius 3 is 0.958 bits per heavy atom. The Kier molecular flexibility index (Phi) is 11.1. The number of carbonyl (C=O) groups is 4. The lowest BCUT2D eigenvalue weighted by Gasteiger charge is -2.19. The zero-order valence-corrected chi connectivity index (χ0v) is 13.4. The topological polar surface area (TPSA) is 156 Å². The molecule has 0 heterocycles. The van der Waals surface area contributed by atoms with Gasteiger partial charge in [0.25, 0.3) is 0 Å². The summed E-state index contributed by atoms with van der Waals surface area (Å²) in [5.41, 5.74) is 0. The zero-order chi connectivity index (χ0) is 18.5. The first-order valence-corrected chi connectivity index (χ1v) is 7.52. The monoisotopic (exact) mass is 348 g/mol. The van der Waals surface area contributed by atoms with Gasteiger partial charge in [0, 0.05) is 0 Å². The standard InChI is InChI=1S/C14H24N2O8/c17-11(18)7-15(8-12(19)20)5-3-1-2-4-6-16(9-13(21)22)10-14(23)24/h1-10H2,(H,17,18)(H,19,20)(H,21,22)(H,23,24). The summed E-state index contributed by atoms with van der Waals surface area (Å²) in [6, 6.07) is 0. The summed E-state index contributed by atoms with van der Waals surface area (Å²) >= 11 is 0. The Labute approximate surface area is 139 Å². The SMILES string of the molecule is O=C(O)CN(CCCCCCN(CC(=O)O)CC(=O)O)CC(=O)O. The van der Waals surface area contributed by atoms with Crippen LogP contribution in [0.5, 0.6) is 0 Å². The fourth-order valence-electron chi connectivity index (χ4n) is 2.22. The van der Waals surface area contributed by atoms with Crippen LogP contribution in [-0.4, -0.2) is 93.4 Å². The highest BCUT2D eigenvalue weighted by Crippen LogP contribution is 2.04. The van der Waals surface area contributed by atoms with E-state index in [4.69, 9.17) is 20.4 Å². The molecule has 0 saturated heterocycles. The van der Waals surface area contributed by atoms with E-state index in [1.807, 2.05) is 0 Å². The van der Waals surface area contributed by atoms with E-state index in [0.29, 0.717) is 38.8 Å². The van der Waals surface area contributed by atoms with E-state index in [1.54, 1.807) is 0 Å². The van der Waals surface area contributed by atoms with Crippen molar-refractivity contribution in [2.24, 2.45) is 0 Å². The predicted octanol–water partition coefficient (Wildman–Crippen LogP) is -0.511. The third-order valence-corrected chi connectivity index (χ3v) is 3.13. The summed E-state index contributed by atoms with van der Waals surface area (Å²) in [7, 11) is 0. The van der Waals surface area contributed by atoms with E-state index in [2.05, 4.69) is 0 Å². The Morgan fingerprint density at radius 2 is 0.750 bits per heavy atom. The molecule has 0 aromatic carbocycles. The van der Waals surface area contributed by atoms with Gasteiger partial charge in [-0.05, 0) is 25.9 Å². The number of carboxylic acids is 4. The molecule has 0 aliphatic carbocycles. The van der Waals surface area contributed by atoms with Crippen LogP contribution >= 0.6 is 0 Å². The molecule has 0 aromatic heterocycles. The summed E-state index contributed by atoms with van der Waals surface area (Å²) in [6.07, 6.45) is 2.64. The van der Waals surface area contributed by atoms with Crippen molar-refractivity contribution in [1.29, 1.82) is 0 Å². The van der Waals surface area contributed by atoms with Crippen LogP contribution < -0.4 is 0 Å². The third kappa shape index (κ3) is 13.5. The third-order valence-electron chi connectivity index (χ3n) is 3.13. The second-order valence-corrected chi connectivity index (χ2v) is 5.41. The van der Waals surface area contributed by atoms with Gasteiger partial charge >= 0.3 is 23.9 Å². The summed E-state index contributed by atoms with van der Waals surface area (Å²) in [5, 5.41) is 34.8. The van der Waals surface area contributed by atoms with Crippen LogP contribution in [0.15, 0.2) is 0 Å². The van der Waals surface area contributed by atoms with Crippen LogP contribution in [0.4, 0.5) is 0 Å². The van der Waals surface area contributed by atoms with Gasteiger partial charge in [0.1, 0.15) is 0 Å². The highest BCUT2D eigenvalue weighted by molar-refractivity contribution is 5.73. The first-order valence-electron chi connectivity index (χ1n) is 7.52. The molecule has 0 spiro atoms. The van der Waals surface area contributed by atoms with Gasteiger partial charge in [0.15, 0.2) is 0 Å². The molecule has 4 N–H and O–H groups in total. The van der Waals surface area contributed by atoms with E-state index in [9.17, 15) is 19.2 Å². The predicted molar refractivity (Wildman–Crippen MR) is 81.9 cm³/mol. The molecule has 0 aromatic rings. The van der Waals surface area contributed by atoms with Gasteiger partial charge in [-0.25, -0.2) is 0 Å². The molecule has 24 heavy (non-hydrogen) atoms.